The largest absolute Gasteiger partial charge is 0.404 e. The fourth-order valence-electron chi connectivity index (χ4n) is 2.30. The molecule has 0 aliphatic carbocycles. The van der Waals surface area contributed by atoms with Gasteiger partial charge in [0.25, 0.3) is 0 Å². The number of anilines is 1. The molecule has 6 heteroatoms. The molecule has 0 amide bonds. The van der Waals surface area contributed by atoms with E-state index in [1.165, 1.54) is 12.4 Å². The first kappa shape index (κ1) is 16.0. The van der Waals surface area contributed by atoms with Crippen molar-refractivity contribution in [2.24, 2.45) is 5.73 Å². The molecule has 5 nitrogen and oxygen atoms in total. The van der Waals surface area contributed by atoms with Crippen LogP contribution in [-0.2, 0) is 6.54 Å². The quantitative estimate of drug-likeness (QED) is 0.617. The molecule has 1 aromatic heterocycles. The van der Waals surface area contributed by atoms with E-state index in [1.54, 1.807) is 6.20 Å². The molecule has 0 saturated heterocycles. The van der Waals surface area contributed by atoms with Crippen molar-refractivity contribution in [3.8, 4) is 0 Å². The summed E-state index contributed by atoms with van der Waals surface area (Å²) in [7, 11) is 0. The Morgan fingerprint density at radius 1 is 1.17 bits per heavy atom. The third-order valence-electron chi connectivity index (χ3n) is 3.60. The van der Waals surface area contributed by atoms with Gasteiger partial charge in [0.2, 0.25) is 0 Å². The monoisotopic (exact) mass is 337 g/mol. The van der Waals surface area contributed by atoms with Gasteiger partial charge in [-0.25, -0.2) is 4.98 Å². The van der Waals surface area contributed by atoms with Crippen molar-refractivity contribution in [1.29, 1.82) is 5.41 Å². The van der Waals surface area contributed by atoms with Gasteiger partial charge in [0.1, 0.15) is 5.82 Å². The molecule has 0 radical (unpaired) electrons. The number of nitrogens with two attached hydrogens (primary N) is 1. The molecule has 0 atom stereocenters. The number of halogens is 1. The van der Waals surface area contributed by atoms with Gasteiger partial charge in [0, 0.05) is 29.6 Å². The van der Waals surface area contributed by atoms with E-state index in [2.05, 4.69) is 15.3 Å². The molecule has 3 rings (SSSR count). The van der Waals surface area contributed by atoms with E-state index in [-0.39, 0.29) is 0 Å². The van der Waals surface area contributed by atoms with Gasteiger partial charge in [-0.05, 0) is 35.4 Å². The van der Waals surface area contributed by atoms with E-state index in [9.17, 15) is 0 Å². The number of hydrogen-bond acceptors (Lipinski definition) is 5. The highest BCUT2D eigenvalue weighted by atomic mass is 35.5. The van der Waals surface area contributed by atoms with Crippen molar-refractivity contribution in [3.05, 3.63) is 71.0 Å². The second kappa shape index (κ2) is 7.10. The van der Waals surface area contributed by atoms with E-state index in [0.29, 0.717) is 17.9 Å². The minimum absolute atomic E-state index is 0.642. The van der Waals surface area contributed by atoms with Crippen LogP contribution in [0.1, 0.15) is 11.1 Å². The Morgan fingerprint density at radius 2 is 1.96 bits per heavy atom. The van der Waals surface area contributed by atoms with Crippen LogP contribution in [0.15, 0.2) is 54.9 Å². The lowest BCUT2D eigenvalue weighted by Crippen LogP contribution is -2.02. The van der Waals surface area contributed by atoms with Crippen LogP contribution in [0.2, 0.25) is 5.02 Å². The summed E-state index contributed by atoms with van der Waals surface area (Å²) in [5.74, 6) is 0.701. The molecule has 2 aromatic carbocycles. The van der Waals surface area contributed by atoms with Gasteiger partial charge < -0.3 is 16.5 Å². The van der Waals surface area contributed by atoms with Gasteiger partial charge >= 0.3 is 0 Å². The number of nitrogens with zero attached hydrogens (tertiary/aromatic N) is 2. The minimum Gasteiger partial charge on any atom is -0.404 e. The number of aromatic nitrogens is 2. The third-order valence-corrected chi connectivity index (χ3v) is 3.85. The maximum absolute atomic E-state index is 7.36. The van der Waals surface area contributed by atoms with Gasteiger partial charge in [-0.1, -0.05) is 29.8 Å². The summed E-state index contributed by atoms with van der Waals surface area (Å²) in [6.45, 7) is 0.642. The topological polar surface area (TPSA) is 87.7 Å². The average molecular weight is 338 g/mol. The molecule has 0 saturated carbocycles. The molecule has 0 fully saturated rings. The van der Waals surface area contributed by atoms with E-state index in [0.717, 1.165) is 27.2 Å². The lowest BCUT2D eigenvalue weighted by atomic mass is 10.1. The maximum Gasteiger partial charge on any atom is 0.145 e. The van der Waals surface area contributed by atoms with E-state index in [4.69, 9.17) is 22.7 Å². The van der Waals surface area contributed by atoms with Crippen molar-refractivity contribution in [2.75, 3.05) is 5.32 Å². The van der Waals surface area contributed by atoms with E-state index >= 15 is 0 Å². The summed E-state index contributed by atoms with van der Waals surface area (Å²) in [6.07, 6.45) is 4.32. The number of benzene rings is 2. The summed E-state index contributed by atoms with van der Waals surface area (Å²) in [4.78, 5) is 8.98. The fraction of sp³-hybridized carbons (Fsp3) is 0.0556. The van der Waals surface area contributed by atoms with Gasteiger partial charge in [-0.15, -0.1) is 0 Å². The highest BCUT2D eigenvalue weighted by Crippen LogP contribution is 2.19. The number of allylic oxidation sites excluding steroid dienone is 1. The fourth-order valence-corrected chi connectivity index (χ4v) is 2.42. The van der Waals surface area contributed by atoms with Crippen LogP contribution >= 0.6 is 11.6 Å². The van der Waals surface area contributed by atoms with Gasteiger partial charge in [0.05, 0.1) is 17.2 Å². The number of rotatable bonds is 5. The van der Waals surface area contributed by atoms with Crippen LogP contribution in [0.4, 0.5) is 5.82 Å². The summed E-state index contributed by atoms with van der Waals surface area (Å²) in [5, 5.41) is 11.3. The molecule has 0 spiro atoms. The second-order valence-electron chi connectivity index (χ2n) is 5.21. The molecule has 120 valence electrons. The molecule has 0 aliphatic rings. The number of fused-ring (bicyclic) bond motifs is 1. The Balaban J connectivity index is 1.80. The molecule has 0 unspecified atom stereocenters. The van der Waals surface area contributed by atoms with Crippen molar-refractivity contribution >= 4 is 40.2 Å². The Kier molecular flexibility index (Phi) is 4.72. The molecular weight excluding hydrogens is 322 g/mol. The molecule has 0 bridgehead atoms. The molecule has 4 N–H and O–H groups in total. The smallest absolute Gasteiger partial charge is 0.145 e. The van der Waals surface area contributed by atoms with Crippen molar-refractivity contribution in [2.45, 2.75) is 6.54 Å². The first-order chi connectivity index (χ1) is 11.7. The second-order valence-corrected chi connectivity index (χ2v) is 5.64. The number of hydrogen-bond donors (Lipinski definition) is 3. The minimum atomic E-state index is 0.642. The lowest BCUT2D eigenvalue weighted by molar-refractivity contribution is 1.11. The third kappa shape index (κ3) is 3.52. The molecular formula is C18H16ClN5. The normalized spacial score (nSPS) is 11.5. The van der Waals surface area contributed by atoms with E-state index in [1.807, 2.05) is 42.5 Å². The standard InChI is InChI=1S/C18H16ClN5/c19-15-4-1-12(2-5-15)10-23-18-11-22-17-7-13(14(8-20)9-21)3-6-16(17)24-18/h1-9,11,20H,10,21H2,(H,23,24)/b14-9+,20-8?. The Morgan fingerprint density at radius 3 is 2.67 bits per heavy atom. The van der Waals surface area contributed by atoms with Crippen molar-refractivity contribution in [1.82, 2.24) is 9.97 Å². The van der Waals surface area contributed by atoms with Crippen LogP contribution in [0.3, 0.4) is 0 Å². The zero-order valence-electron chi connectivity index (χ0n) is 12.8. The van der Waals surface area contributed by atoms with Gasteiger partial charge in [-0.3, -0.25) is 4.98 Å². The SMILES string of the molecule is N=C/C(=C\N)c1ccc2nc(NCc3ccc(Cl)cc3)cnc2c1. The maximum atomic E-state index is 7.36. The number of nitrogens with one attached hydrogen (secondary N) is 2. The summed E-state index contributed by atoms with van der Waals surface area (Å²) < 4.78 is 0. The lowest BCUT2D eigenvalue weighted by Gasteiger charge is -2.07. The molecule has 24 heavy (non-hydrogen) atoms. The zero-order valence-corrected chi connectivity index (χ0v) is 13.6. The van der Waals surface area contributed by atoms with Gasteiger partial charge in [0.15, 0.2) is 0 Å². The summed E-state index contributed by atoms with van der Waals surface area (Å²) in [5.41, 5.74) is 9.65. The van der Waals surface area contributed by atoms with Crippen LogP contribution in [0.25, 0.3) is 16.6 Å². The highest BCUT2D eigenvalue weighted by Gasteiger charge is 2.04. The average Bonchev–Trinajstić information content (AvgIpc) is 2.62. The van der Waals surface area contributed by atoms with Crippen LogP contribution in [-0.4, -0.2) is 16.2 Å². The van der Waals surface area contributed by atoms with Crippen molar-refractivity contribution in [3.63, 3.8) is 0 Å². The van der Waals surface area contributed by atoms with Gasteiger partial charge in [-0.2, -0.15) is 0 Å². The van der Waals surface area contributed by atoms with Crippen LogP contribution in [0, 0.1) is 5.41 Å². The first-order valence-electron chi connectivity index (χ1n) is 7.37. The predicted octanol–water partition coefficient (Wildman–Crippen LogP) is 3.84. The van der Waals surface area contributed by atoms with Crippen LogP contribution < -0.4 is 11.1 Å². The molecule has 1 heterocycles. The van der Waals surface area contributed by atoms with Crippen molar-refractivity contribution < 1.29 is 0 Å². The molecule has 0 aliphatic heterocycles. The zero-order chi connectivity index (χ0) is 16.9. The first-order valence-corrected chi connectivity index (χ1v) is 7.75. The molecule has 3 aromatic rings. The Bertz CT molecular complexity index is 903. The Hall–Kier alpha value is -2.92. The summed E-state index contributed by atoms with van der Waals surface area (Å²) in [6, 6.07) is 13.3. The Labute approximate surface area is 144 Å². The van der Waals surface area contributed by atoms with E-state index < -0.39 is 0 Å². The summed E-state index contributed by atoms with van der Waals surface area (Å²) >= 11 is 5.88. The van der Waals surface area contributed by atoms with Crippen LogP contribution in [0.5, 0.6) is 0 Å². The predicted molar refractivity (Wildman–Crippen MR) is 99.3 cm³/mol. The highest BCUT2D eigenvalue weighted by molar-refractivity contribution is 6.30.